The first-order chi connectivity index (χ1) is 9.08. The number of nitrogens with one attached hydrogen (secondary N) is 1. The maximum atomic E-state index is 10.5. The lowest BCUT2D eigenvalue weighted by Crippen LogP contribution is -2.24. The van der Waals surface area contributed by atoms with Crippen molar-refractivity contribution >= 4 is 12.2 Å². The average molecular weight is 260 g/mol. The zero-order valence-electron chi connectivity index (χ0n) is 10.9. The molecule has 3 N–H and O–H groups in total. The second-order valence-electron chi connectivity index (χ2n) is 4.23. The Morgan fingerprint density at radius 1 is 1.58 bits per heavy atom. The Balaban J connectivity index is 2.19. The number of urea groups is 1. The van der Waals surface area contributed by atoms with Gasteiger partial charge in [0.1, 0.15) is 5.76 Å². The minimum absolute atomic E-state index is 0.668. The number of furan rings is 1. The van der Waals surface area contributed by atoms with Gasteiger partial charge >= 0.3 is 6.03 Å². The van der Waals surface area contributed by atoms with E-state index in [1.165, 1.54) is 0 Å². The Hall–Kier alpha value is -2.50. The van der Waals surface area contributed by atoms with E-state index >= 15 is 0 Å². The van der Waals surface area contributed by atoms with Gasteiger partial charge in [-0.05, 0) is 32.0 Å². The Morgan fingerprint density at radius 3 is 3.00 bits per heavy atom. The van der Waals surface area contributed by atoms with Crippen LogP contribution in [0.25, 0.3) is 0 Å². The smallest absolute Gasteiger partial charge is 0.332 e. The van der Waals surface area contributed by atoms with Gasteiger partial charge in [0, 0.05) is 17.0 Å². The molecule has 0 fully saturated rings. The van der Waals surface area contributed by atoms with Crippen molar-refractivity contribution in [2.45, 2.75) is 20.4 Å². The number of nitrogens with two attached hydrogens (primary N) is 1. The van der Waals surface area contributed by atoms with Crippen molar-refractivity contribution in [1.82, 2.24) is 9.99 Å². The van der Waals surface area contributed by atoms with Crippen LogP contribution >= 0.6 is 0 Å². The van der Waals surface area contributed by atoms with E-state index in [0.29, 0.717) is 6.54 Å². The number of hydrazone groups is 1. The van der Waals surface area contributed by atoms with Gasteiger partial charge in [0.15, 0.2) is 0 Å². The van der Waals surface area contributed by atoms with Gasteiger partial charge in [-0.25, -0.2) is 10.2 Å². The van der Waals surface area contributed by atoms with Crippen molar-refractivity contribution in [1.29, 1.82) is 0 Å². The second-order valence-corrected chi connectivity index (χ2v) is 4.23. The van der Waals surface area contributed by atoms with Crippen LogP contribution in [0.3, 0.4) is 0 Å². The van der Waals surface area contributed by atoms with E-state index in [1.807, 2.05) is 32.0 Å². The molecule has 2 amide bonds. The van der Waals surface area contributed by atoms with Crippen LogP contribution in [0.4, 0.5) is 4.79 Å². The summed E-state index contributed by atoms with van der Waals surface area (Å²) in [5, 5.41) is 3.77. The Morgan fingerprint density at radius 2 is 2.37 bits per heavy atom. The lowest BCUT2D eigenvalue weighted by Gasteiger charge is -2.06. The van der Waals surface area contributed by atoms with Crippen LogP contribution in [0.1, 0.15) is 22.7 Å². The highest BCUT2D eigenvalue weighted by Crippen LogP contribution is 2.15. The van der Waals surface area contributed by atoms with Crippen molar-refractivity contribution in [2.24, 2.45) is 10.8 Å². The number of carbonyl (C=O) groups excluding carboxylic acids is 1. The third-order valence-electron chi connectivity index (χ3n) is 2.89. The van der Waals surface area contributed by atoms with E-state index in [0.717, 1.165) is 22.7 Å². The van der Waals surface area contributed by atoms with Crippen LogP contribution in [-0.2, 0) is 6.54 Å². The van der Waals surface area contributed by atoms with Crippen LogP contribution in [0.5, 0.6) is 0 Å². The molecular formula is C13H16N4O2. The number of primary amides is 1. The lowest BCUT2D eigenvalue weighted by atomic mass is 10.3. The summed E-state index contributed by atoms with van der Waals surface area (Å²) < 4.78 is 7.46. The van der Waals surface area contributed by atoms with E-state index < -0.39 is 6.03 Å². The Bertz CT molecular complexity index is 596. The monoisotopic (exact) mass is 260 g/mol. The fourth-order valence-electron chi connectivity index (χ4n) is 1.93. The van der Waals surface area contributed by atoms with Crippen molar-refractivity contribution in [2.75, 3.05) is 0 Å². The number of carbonyl (C=O) groups is 1. The second kappa shape index (κ2) is 5.43. The molecule has 0 aliphatic rings. The third kappa shape index (κ3) is 3.04. The van der Waals surface area contributed by atoms with Crippen LogP contribution < -0.4 is 11.2 Å². The van der Waals surface area contributed by atoms with Gasteiger partial charge < -0.3 is 14.7 Å². The summed E-state index contributed by atoms with van der Waals surface area (Å²) >= 11 is 0. The summed E-state index contributed by atoms with van der Waals surface area (Å²) in [6, 6.07) is 5.11. The summed E-state index contributed by atoms with van der Waals surface area (Å²) in [5.41, 5.74) is 10.2. The molecule has 0 spiro atoms. The highest BCUT2D eigenvalue weighted by molar-refractivity contribution is 5.83. The SMILES string of the molecule is Cc1cc(/C=N\NC(N)=O)c(C)n1Cc1ccco1. The fraction of sp³-hybridized carbons (Fsp3) is 0.231. The number of hydrogen-bond donors (Lipinski definition) is 2. The minimum atomic E-state index is -0.680. The normalized spacial score (nSPS) is 11.1. The Labute approximate surface area is 110 Å². The molecule has 0 aromatic carbocycles. The number of aromatic nitrogens is 1. The molecule has 19 heavy (non-hydrogen) atoms. The predicted molar refractivity (Wildman–Crippen MR) is 72.0 cm³/mol. The van der Waals surface area contributed by atoms with E-state index in [4.69, 9.17) is 10.2 Å². The number of aryl methyl sites for hydroxylation is 1. The topological polar surface area (TPSA) is 85.5 Å². The molecule has 2 rings (SSSR count). The van der Waals surface area contributed by atoms with E-state index in [-0.39, 0.29) is 0 Å². The predicted octanol–water partition coefficient (Wildman–Crippen LogP) is 1.75. The molecule has 100 valence electrons. The molecule has 2 heterocycles. The molecule has 0 atom stereocenters. The summed E-state index contributed by atoms with van der Waals surface area (Å²) in [5.74, 6) is 0.889. The highest BCUT2D eigenvalue weighted by Gasteiger charge is 2.09. The lowest BCUT2D eigenvalue weighted by molar-refractivity contribution is 0.249. The Kier molecular flexibility index (Phi) is 3.70. The van der Waals surface area contributed by atoms with Gasteiger partial charge in [-0.2, -0.15) is 5.10 Å². The highest BCUT2D eigenvalue weighted by atomic mass is 16.3. The number of amides is 2. The molecule has 6 nitrogen and oxygen atoms in total. The van der Waals surface area contributed by atoms with Gasteiger partial charge in [0.2, 0.25) is 0 Å². The summed E-state index contributed by atoms with van der Waals surface area (Å²) in [6.45, 7) is 4.66. The van der Waals surface area contributed by atoms with Crippen LogP contribution in [-0.4, -0.2) is 16.8 Å². The molecule has 0 aliphatic carbocycles. The molecule has 2 aromatic heterocycles. The maximum Gasteiger partial charge on any atom is 0.332 e. The molecule has 0 unspecified atom stereocenters. The van der Waals surface area contributed by atoms with Gasteiger partial charge in [0.05, 0.1) is 19.0 Å². The third-order valence-corrected chi connectivity index (χ3v) is 2.89. The van der Waals surface area contributed by atoms with Crippen LogP contribution in [0, 0.1) is 13.8 Å². The zero-order chi connectivity index (χ0) is 13.8. The van der Waals surface area contributed by atoms with E-state index in [1.54, 1.807) is 12.5 Å². The van der Waals surface area contributed by atoms with Gasteiger partial charge in [-0.3, -0.25) is 0 Å². The van der Waals surface area contributed by atoms with E-state index in [9.17, 15) is 4.79 Å². The first-order valence-electron chi connectivity index (χ1n) is 5.85. The summed E-state index contributed by atoms with van der Waals surface area (Å²) in [7, 11) is 0. The standard InChI is InChI=1S/C13H16N4O2/c1-9-6-11(7-15-16-13(14)18)10(2)17(9)8-12-4-3-5-19-12/h3-7H,8H2,1-2H3,(H3,14,16,18)/b15-7-. The quantitative estimate of drug-likeness (QED) is 0.648. The molecule has 2 aromatic rings. The maximum absolute atomic E-state index is 10.5. The molecular weight excluding hydrogens is 244 g/mol. The molecule has 0 radical (unpaired) electrons. The minimum Gasteiger partial charge on any atom is -0.467 e. The van der Waals surface area contributed by atoms with Gasteiger partial charge in [-0.1, -0.05) is 0 Å². The van der Waals surface area contributed by atoms with Crippen molar-refractivity contribution < 1.29 is 9.21 Å². The van der Waals surface area contributed by atoms with Crippen LogP contribution in [0.2, 0.25) is 0 Å². The molecule has 0 saturated heterocycles. The largest absolute Gasteiger partial charge is 0.467 e. The van der Waals surface area contributed by atoms with Gasteiger partial charge in [0.25, 0.3) is 0 Å². The first kappa shape index (κ1) is 12.9. The zero-order valence-corrected chi connectivity index (χ0v) is 10.9. The summed E-state index contributed by atoms with van der Waals surface area (Å²) in [4.78, 5) is 10.5. The fourth-order valence-corrected chi connectivity index (χ4v) is 1.93. The van der Waals surface area contributed by atoms with Crippen molar-refractivity contribution in [3.8, 4) is 0 Å². The molecule has 6 heteroatoms. The first-order valence-corrected chi connectivity index (χ1v) is 5.85. The summed E-state index contributed by atoms with van der Waals surface area (Å²) in [6.07, 6.45) is 3.23. The molecule has 0 aliphatic heterocycles. The number of rotatable bonds is 4. The van der Waals surface area contributed by atoms with Crippen LogP contribution in [0.15, 0.2) is 34.0 Å². The molecule has 0 bridgehead atoms. The van der Waals surface area contributed by atoms with Gasteiger partial charge in [-0.15, -0.1) is 0 Å². The van der Waals surface area contributed by atoms with E-state index in [2.05, 4.69) is 15.1 Å². The number of nitrogens with zero attached hydrogens (tertiary/aromatic N) is 2. The average Bonchev–Trinajstić information content (AvgIpc) is 2.93. The van der Waals surface area contributed by atoms with Crippen molar-refractivity contribution in [3.05, 3.63) is 47.2 Å². The van der Waals surface area contributed by atoms with Crippen molar-refractivity contribution in [3.63, 3.8) is 0 Å². The molecule has 0 saturated carbocycles. The number of hydrogen-bond acceptors (Lipinski definition) is 3.